The van der Waals surface area contributed by atoms with Gasteiger partial charge in [-0.05, 0) is 42.5 Å². The highest BCUT2D eigenvalue weighted by atomic mass is 35.5. The SMILES string of the molecule is COc1ccc(S(C)(=O)=NC(=O)c2cncc(C#Cc3ccc(Cl)cc3)c2)cc1OC. The number of benzene rings is 2. The van der Waals surface area contributed by atoms with Gasteiger partial charge in [0, 0.05) is 40.9 Å². The lowest BCUT2D eigenvalue weighted by molar-refractivity contribution is 0.100. The van der Waals surface area contributed by atoms with Crippen LogP contribution < -0.4 is 9.47 Å². The van der Waals surface area contributed by atoms with Crippen molar-refractivity contribution in [2.75, 3.05) is 20.5 Å². The quantitative estimate of drug-likeness (QED) is 0.544. The van der Waals surface area contributed by atoms with Gasteiger partial charge < -0.3 is 9.47 Å². The standard InChI is InChI=1S/C23H19ClN2O4S/c1-29-21-11-10-20(13-22(21)30-2)31(3,28)26-23(27)18-12-17(14-25-15-18)5-4-16-6-8-19(24)9-7-16/h6-15H,1-3H3. The summed E-state index contributed by atoms with van der Waals surface area (Å²) in [6.07, 6.45) is 4.30. The number of carbonyl (C=O) groups excluding carboxylic acids is 1. The second kappa shape index (κ2) is 9.65. The Hall–Kier alpha value is -3.34. The first kappa shape index (κ1) is 22.3. The summed E-state index contributed by atoms with van der Waals surface area (Å²) in [4.78, 5) is 17.1. The molecule has 0 saturated heterocycles. The first-order chi connectivity index (χ1) is 14.8. The molecule has 3 rings (SSSR count). The third kappa shape index (κ3) is 5.63. The first-order valence-corrected chi connectivity index (χ1v) is 11.3. The van der Waals surface area contributed by atoms with E-state index in [9.17, 15) is 9.00 Å². The topological polar surface area (TPSA) is 77.9 Å². The van der Waals surface area contributed by atoms with Gasteiger partial charge in [-0.1, -0.05) is 23.4 Å². The lowest BCUT2D eigenvalue weighted by atomic mass is 10.2. The summed E-state index contributed by atoms with van der Waals surface area (Å²) in [5.74, 6) is 6.17. The number of hydrogen-bond acceptors (Lipinski definition) is 5. The molecule has 3 aromatic rings. The average molecular weight is 455 g/mol. The van der Waals surface area contributed by atoms with Crippen molar-refractivity contribution in [3.63, 3.8) is 0 Å². The van der Waals surface area contributed by atoms with Gasteiger partial charge in [0.2, 0.25) is 0 Å². The molecule has 0 aliphatic heterocycles. The summed E-state index contributed by atoms with van der Waals surface area (Å²) in [7, 11) is -0.0435. The van der Waals surface area contributed by atoms with Crippen LogP contribution in [0.3, 0.4) is 0 Å². The Labute approximate surface area is 186 Å². The lowest BCUT2D eigenvalue weighted by Crippen LogP contribution is -2.05. The summed E-state index contributed by atoms with van der Waals surface area (Å²) in [5.41, 5.74) is 1.50. The lowest BCUT2D eigenvalue weighted by Gasteiger charge is -2.10. The van der Waals surface area contributed by atoms with Crippen LogP contribution in [0.5, 0.6) is 11.5 Å². The molecule has 31 heavy (non-hydrogen) atoms. The molecule has 2 aromatic carbocycles. The van der Waals surface area contributed by atoms with Crippen LogP contribution in [0.15, 0.2) is 70.2 Å². The van der Waals surface area contributed by atoms with Gasteiger partial charge in [-0.2, -0.15) is 4.36 Å². The fourth-order valence-corrected chi connectivity index (χ4v) is 3.92. The van der Waals surface area contributed by atoms with Crippen molar-refractivity contribution in [1.29, 1.82) is 0 Å². The molecule has 0 aliphatic carbocycles. The van der Waals surface area contributed by atoms with Gasteiger partial charge in [-0.3, -0.25) is 9.78 Å². The Bertz CT molecular complexity index is 1300. The van der Waals surface area contributed by atoms with Crippen molar-refractivity contribution in [3.8, 4) is 23.3 Å². The van der Waals surface area contributed by atoms with E-state index in [1.165, 1.54) is 32.9 Å². The molecular weight excluding hydrogens is 436 g/mol. The van der Waals surface area contributed by atoms with E-state index in [2.05, 4.69) is 21.2 Å². The van der Waals surface area contributed by atoms with Crippen molar-refractivity contribution in [3.05, 3.63) is 82.6 Å². The molecule has 0 fully saturated rings. The molecule has 1 heterocycles. The van der Waals surface area contributed by atoms with Crippen LogP contribution in [0.1, 0.15) is 21.5 Å². The van der Waals surface area contributed by atoms with Crippen LogP contribution in [0.2, 0.25) is 5.02 Å². The zero-order valence-electron chi connectivity index (χ0n) is 17.1. The van der Waals surface area contributed by atoms with E-state index in [1.54, 1.807) is 48.5 Å². The maximum absolute atomic E-state index is 13.1. The molecule has 0 saturated carbocycles. The van der Waals surface area contributed by atoms with E-state index in [1.807, 2.05) is 0 Å². The van der Waals surface area contributed by atoms with Gasteiger partial charge in [0.25, 0.3) is 5.91 Å². The molecular formula is C23H19ClN2O4S. The number of nitrogens with zero attached hydrogens (tertiary/aromatic N) is 2. The molecule has 158 valence electrons. The fourth-order valence-electron chi connectivity index (χ4n) is 2.62. The summed E-state index contributed by atoms with van der Waals surface area (Å²) in [5, 5.41) is 0.624. The van der Waals surface area contributed by atoms with E-state index in [-0.39, 0.29) is 5.56 Å². The van der Waals surface area contributed by atoms with E-state index < -0.39 is 15.6 Å². The van der Waals surface area contributed by atoms with Gasteiger partial charge >= 0.3 is 0 Å². The molecule has 1 unspecified atom stereocenters. The van der Waals surface area contributed by atoms with Gasteiger partial charge in [0.05, 0.1) is 34.4 Å². The second-order valence-corrected chi connectivity index (χ2v) is 9.13. The van der Waals surface area contributed by atoms with Crippen LogP contribution in [0, 0.1) is 11.8 Å². The summed E-state index contributed by atoms with van der Waals surface area (Å²) >= 11 is 5.87. The molecule has 6 nitrogen and oxygen atoms in total. The van der Waals surface area contributed by atoms with E-state index in [0.29, 0.717) is 27.0 Å². The van der Waals surface area contributed by atoms with E-state index in [4.69, 9.17) is 21.1 Å². The van der Waals surface area contributed by atoms with Crippen LogP contribution in [0.25, 0.3) is 0 Å². The number of amides is 1. The highest BCUT2D eigenvalue weighted by molar-refractivity contribution is 7.93. The highest BCUT2D eigenvalue weighted by Gasteiger charge is 2.15. The molecule has 8 heteroatoms. The fraction of sp³-hybridized carbons (Fsp3) is 0.130. The van der Waals surface area contributed by atoms with Crippen molar-refractivity contribution >= 4 is 27.2 Å². The molecule has 1 aromatic heterocycles. The predicted octanol–water partition coefficient (Wildman–Crippen LogP) is 4.45. The Morgan fingerprint density at radius 1 is 0.968 bits per heavy atom. The zero-order valence-corrected chi connectivity index (χ0v) is 18.7. The second-order valence-electron chi connectivity index (χ2n) is 6.43. The van der Waals surface area contributed by atoms with E-state index in [0.717, 1.165) is 5.56 Å². The maximum atomic E-state index is 13.1. The molecule has 0 bridgehead atoms. The third-order valence-corrected chi connectivity index (χ3v) is 6.12. The van der Waals surface area contributed by atoms with Crippen molar-refractivity contribution in [2.45, 2.75) is 4.90 Å². The highest BCUT2D eigenvalue weighted by Crippen LogP contribution is 2.30. The minimum absolute atomic E-state index is 0.193. The Kier molecular flexibility index (Phi) is 6.95. The number of halogens is 1. The predicted molar refractivity (Wildman–Crippen MR) is 120 cm³/mol. The van der Waals surface area contributed by atoms with Crippen molar-refractivity contribution in [2.24, 2.45) is 4.36 Å². The summed E-state index contributed by atoms with van der Waals surface area (Å²) < 4.78 is 27.5. The molecule has 0 radical (unpaired) electrons. The normalized spacial score (nSPS) is 12.1. The third-order valence-electron chi connectivity index (χ3n) is 4.23. The largest absolute Gasteiger partial charge is 0.493 e. The monoisotopic (exact) mass is 454 g/mol. The summed E-state index contributed by atoms with van der Waals surface area (Å²) in [6, 6.07) is 13.4. The van der Waals surface area contributed by atoms with Gasteiger partial charge in [-0.15, -0.1) is 0 Å². The molecule has 0 spiro atoms. The maximum Gasteiger partial charge on any atom is 0.286 e. The first-order valence-electron chi connectivity index (χ1n) is 9.03. The van der Waals surface area contributed by atoms with E-state index >= 15 is 0 Å². The summed E-state index contributed by atoms with van der Waals surface area (Å²) in [6.45, 7) is 0. The molecule has 0 aliphatic rings. The molecule has 0 N–H and O–H groups in total. The molecule has 1 atom stereocenters. The van der Waals surface area contributed by atoms with Crippen LogP contribution >= 0.6 is 11.6 Å². The van der Waals surface area contributed by atoms with Crippen molar-refractivity contribution in [1.82, 2.24) is 4.98 Å². The van der Waals surface area contributed by atoms with Crippen molar-refractivity contribution < 1.29 is 18.5 Å². The Balaban J connectivity index is 1.89. The number of aromatic nitrogens is 1. The minimum atomic E-state index is -3.02. The Morgan fingerprint density at radius 2 is 1.65 bits per heavy atom. The van der Waals surface area contributed by atoms with Gasteiger partial charge in [0.1, 0.15) is 0 Å². The van der Waals surface area contributed by atoms with Gasteiger partial charge in [0.15, 0.2) is 11.5 Å². The minimum Gasteiger partial charge on any atom is -0.493 e. The average Bonchev–Trinajstić information content (AvgIpc) is 2.78. The van der Waals surface area contributed by atoms with Crippen LogP contribution in [-0.2, 0) is 9.73 Å². The molecule has 1 amide bonds. The number of hydrogen-bond donors (Lipinski definition) is 0. The number of rotatable bonds is 4. The van der Waals surface area contributed by atoms with Gasteiger partial charge in [-0.25, -0.2) is 4.21 Å². The smallest absolute Gasteiger partial charge is 0.286 e. The van der Waals surface area contributed by atoms with Crippen LogP contribution in [0.4, 0.5) is 0 Å². The number of pyridine rings is 1. The zero-order chi connectivity index (χ0) is 22.4. The number of carbonyl (C=O) groups is 1. The van der Waals surface area contributed by atoms with Crippen LogP contribution in [-0.4, -0.2) is 35.6 Å². The number of ether oxygens (including phenoxy) is 2. The number of methoxy groups -OCH3 is 2. The Morgan fingerprint density at radius 3 is 2.32 bits per heavy atom.